The Morgan fingerprint density at radius 1 is 1.35 bits per heavy atom. The molecular weight excluding hydrogens is 310 g/mol. The molecule has 1 atom stereocenters. The van der Waals surface area contributed by atoms with Crippen molar-refractivity contribution in [3.8, 4) is 0 Å². The Kier molecular flexibility index (Phi) is 6.80. The monoisotopic (exact) mass is 339 g/mol. The van der Waals surface area contributed by atoms with Gasteiger partial charge < -0.3 is 15.5 Å². The minimum Gasteiger partial charge on any atom is -0.338 e. The highest BCUT2D eigenvalue weighted by Crippen LogP contribution is 2.17. The third-order valence-corrected chi connectivity index (χ3v) is 5.45. The average molecular weight is 340 g/mol. The van der Waals surface area contributed by atoms with Crippen LogP contribution in [-0.4, -0.2) is 73.7 Å². The second kappa shape index (κ2) is 8.61. The van der Waals surface area contributed by atoms with Crippen LogP contribution in [0.15, 0.2) is 0 Å². The number of hydrogen-bond acceptors (Lipinski definition) is 5. The number of nitrogens with zero attached hydrogens (tertiary/aromatic N) is 3. The second-order valence-electron chi connectivity index (χ2n) is 6.25. The summed E-state index contributed by atoms with van der Waals surface area (Å²) in [6, 6.07) is 0.295. The largest absolute Gasteiger partial charge is 0.338 e. The van der Waals surface area contributed by atoms with Crippen molar-refractivity contribution in [2.45, 2.75) is 32.7 Å². The molecule has 7 heteroatoms. The lowest BCUT2D eigenvalue weighted by molar-refractivity contribution is 0.114. The average Bonchev–Trinajstić information content (AvgIpc) is 2.88. The number of nitrogens with one attached hydrogen (secondary N) is 2. The molecule has 1 aliphatic heterocycles. The first-order valence-corrected chi connectivity index (χ1v) is 9.17. The summed E-state index contributed by atoms with van der Waals surface area (Å²) < 4.78 is 0. The van der Waals surface area contributed by atoms with Crippen LogP contribution in [0.2, 0.25) is 0 Å². The lowest BCUT2D eigenvalue weighted by Gasteiger charge is -2.37. The summed E-state index contributed by atoms with van der Waals surface area (Å²) in [7, 11) is 4.24. The smallest absolute Gasteiger partial charge is 0.314 e. The Morgan fingerprint density at radius 2 is 2.13 bits per heavy atom. The van der Waals surface area contributed by atoms with E-state index in [0.717, 1.165) is 37.5 Å². The van der Waals surface area contributed by atoms with Gasteiger partial charge in [0.1, 0.15) is 0 Å². The van der Waals surface area contributed by atoms with Gasteiger partial charge >= 0.3 is 6.03 Å². The zero-order valence-corrected chi connectivity index (χ0v) is 15.5. The van der Waals surface area contributed by atoms with Gasteiger partial charge in [-0.15, -0.1) is 11.3 Å². The highest BCUT2D eigenvalue weighted by atomic mass is 32.1. The third kappa shape index (κ3) is 5.44. The number of piperazine rings is 1. The van der Waals surface area contributed by atoms with Crippen LogP contribution in [0.3, 0.4) is 0 Å². The molecule has 1 aromatic rings. The van der Waals surface area contributed by atoms with Crippen LogP contribution in [0.25, 0.3) is 0 Å². The van der Waals surface area contributed by atoms with Crippen LogP contribution in [-0.2, 0) is 12.8 Å². The molecule has 0 aliphatic carbocycles. The SMILES string of the molecule is CCc1nc(CCNC(=O)NCC2CN(C)CCN2C)sc1C. The van der Waals surface area contributed by atoms with E-state index in [1.54, 1.807) is 11.3 Å². The fourth-order valence-corrected chi connectivity index (χ4v) is 3.82. The van der Waals surface area contributed by atoms with E-state index in [0.29, 0.717) is 19.1 Å². The van der Waals surface area contributed by atoms with Crippen molar-refractivity contribution in [2.75, 3.05) is 46.8 Å². The molecule has 23 heavy (non-hydrogen) atoms. The summed E-state index contributed by atoms with van der Waals surface area (Å²) >= 11 is 1.73. The van der Waals surface area contributed by atoms with Crippen molar-refractivity contribution in [1.82, 2.24) is 25.4 Å². The molecule has 6 nitrogen and oxygen atoms in total. The van der Waals surface area contributed by atoms with Gasteiger partial charge in [0.15, 0.2) is 0 Å². The molecule has 0 radical (unpaired) electrons. The molecule has 0 bridgehead atoms. The Hall–Kier alpha value is -1.18. The minimum absolute atomic E-state index is 0.0874. The van der Waals surface area contributed by atoms with Gasteiger partial charge in [-0.1, -0.05) is 6.92 Å². The topological polar surface area (TPSA) is 60.5 Å². The van der Waals surface area contributed by atoms with E-state index >= 15 is 0 Å². The molecule has 2 N–H and O–H groups in total. The van der Waals surface area contributed by atoms with E-state index in [1.807, 2.05) is 0 Å². The normalized spacial score (nSPS) is 19.7. The first-order chi connectivity index (χ1) is 11.0. The lowest BCUT2D eigenvalue weighted by Crippen LogP contribution is -2.55. The first kappa shape index (κ1) is 18.2. The van der Waals surface area contributed by atoms with Gasteiger partial charge in [-0.05, 0) is 27.4 Å². The fourth-order valence-electron chi connectivity index (χ4n) is 2.80. The number of urea groups is 1. The predicted octanol–water partition coefficient (Wildman–Crippen LogP) is 1.10. The molecule has 130 valence electrons. The Morgan fingerprint density at radius 3 is 2.83 bits per heavy atom. The number of aryl methyl sites for hydroxylation is 2. The van der Waals surface area contributed by atoms with Crippen LogP contribution < -0.4 is 10.6 Å². The molecule has 1 saturated heterocycles. The van der Waals surface area contributed by atoms with Gasteiger partial charge in [-0.3, -0.25) is 4.90 Å². The van der Waals surface area contributed by atoms with Crippen LogP contribution in [0.1, 0.15) is 22.5 Å². The van der Waals surface area contributed by atoms with Gasteiger partial charge in [-0.25, -0.2) is 9.78 Å². The van der Waals surface area contributed by atoms with Crippen LogP contribution in [0.5, 0.6) is 0 Å². The summed E-state index contributed by atoms with van der Waals surface area (Å²) in [5.41, 5.74) is 1.18. The summed E-state index contributed by atoms with van der Waals surface area (Å²) in [6.45, 7) is 8.68. The van der Waals surface area contributed by atoms with Crippen LogP contribution in [0, 0.1) is 6.92 Å². The highest BCUT2D eigenvalue weighted by Gasteiger charge is 2.22. The fraction of sp³-hybridized carbons (Fsp3) is 0.750. The number of likely N-dealkylation sites (N-methyl/N-ethyl adjacent to an activating group) is 2. The van der Waals surface area contributed by atoms with Crippen LogP contribution >= 0.6 is 11.3 Å². The van der Waals surface area contributed by atoms with Gasteiger partial charge in [0, 0.05) is 50.1 Å². The summed E-state index contributed by atoms with van der Waals surface area (Å²) in [5.74, 6) is 0. The molecule has 1 unspecified atom stereocenters. The van der Waals surface area contributed by atoms with E-state index in [2.05, 4.69) is 53.4 Å². The predicted molar refractivity (Wildman–Crippen MR) is 95.2 cm³/mol. The molecule has 0 saturated carbocycles. The van der Waals surface area contributed by atoms with Crippen molar-refractivity contribution in [3.63, 3.8) is 0 Å². The molecule has 1 fully saturated rings. The van der Waals surface area contributed by atoms with Gasteiger partial charge in [0.2, 0.25) is 0 Å². The number of thiazole rings is 1. The number of rotatable bonds is 6. The number of hydrogen-bond donors (Lipinski definition) is 2. The second-order valence-corrected chi connectivity index (χ2v) is 7.54. The maximum atomic E-state index is 11.9. The van der Waals surface area contributed by atoms with Gasteiger partial charge in [0.05, 0.1) is 10.7 Å². The van der Waals surface area contributed by atoms with Crippen molar-refractivity contribution >= 4 is 17.4 Å². The van der Waals surface area contributed by atoms with Crippen LogP contribution in [0.4, 0.5) is 4.79 Å². The molecule has 1 aliphatic rings. The van der Waals surface area contributed by atoms with E-state index in [9.17, 15) is 4.79 Å². The van der Waals surface area contributed by atoms with Crippen molar-refractivity contribution in [2.24, 2.45) is 0 Å². The minimum atomic E-state index is -0.0874. The maximum Gasteiger partial charge on any atom is 0.314 e. The van der Waals surface area contributed by atoms with Crippen molar-refractivity contribution in [1.29, 1.82) is 0 Å². The molecule has 0 aromatic carbocycles. The molecule has 1 aromatic heterocycles. The quantitative estimate of drug-likeness (QED) is 0.815. The third-order valence-electron chi connectivity index (χ3n) is 4.37. The highest BCUT2D eigenvalue weighted by molar-refractivity contribution is 7.11. The Labute approximate surface area is 143 Å². The van der Waals surface area contributed by atoms with E-state index in [1.165, 1.54) is 10.6 Å². The molecular formula is C16H29N5OS. The molecule has 2 heterocycles. The Bertz CT molecular complexity index is 519. The summed E-state index contributed by atoms with van der Waals surface area (Å²) in [6.07, 6.45) is 1.77. The van der Waals surface area contributed by atoms with Crippen molar-refractivity contribution in [3.05, 3.63) is 15.6 Å². The number of amides is 2. The van der Waals surface area contributed by atoms with Crippen molar-refractivity contribution < 1.29 is 4.79 Å². The van der Waals surface area contributed by atoms with E-state index in [4.69, 9.17) is 0 Å². The summed E-state index contributed by atoms with van der Waals surface area (Å²) in [5, 5.41) is 7.01. The lowest BCUT2D eigenvalue weighted by atomic mass is 10.2. The number of carbonyl (C=O) groups is 1. The van der Waals surface area contributed by atoms with E-state index in [-0.39, 0.29) is 6.03 Å². The number of aromatic nitrogens is 1. The Balaban J connectivity index is 1.66. The van der Waals surface area contributed by atoms with Gasteiger partial charge in [-0.2, -0.15) is 0 Å². The molecule has 0 spiro atoms. The molecule has 2 rings (SSSR count). The zero-order chi connectivity index (χ0) is 16.8. The standard InChI is InChI=1S/C16H29N5OS/c1-5-14-12(2)23-15(19-14)6-7-17-16(22)18-10-13-11-20(3)8-9-21(13)4/h13H,5-11H2,1-4H3,(H2,17,18,22). The summed E-state index contributed by atoms with van der Waals surface area (Å²) in [4.78, 5) is 22.4. The molecule has 2 amide bonds. The zero-order valence-electron chi connectivity index (χ0n) is 14.7. The van der Waals surface area contributed by atoms with Gasteiger partial charge in [0.25, 0.3) is 0 Å². The first-order valence-electron chi connectivity index (χ1n) is 8.35. The van der Waals surface area contributed by atoms with E-state index < -0.39 is 0 Å². The number of carbonyl (C=O) groups excluding carboxylic acids is 1. The maximum absolute atomic E-state index is 11.9.